The van der Waals surface area contributed by atoms with Gasteiger partial charge in [0, 0.05) is 67.5 Å². The van der Waals surface area contributed by atoms with Gasteiger partial charge in [0.05, 0.1) is 5.56 Å². The quantitative estimate of drug-likeness (QED) is 0.633. The number of aryl methyl sites for hydroxylation is 3. The van der Waals surface area contributed by atoms with Gasteiger partial charge in [-0.15, -0.1) is 0 Å². The normalized spacial score (nSPS) is 20.0. The van der Waals surface area contributed by atoms with Crippen LogP contribution in [0.3, 0.4) is 0 Å². The second kappa shape index (κ2) is 7.93. The van der Waals surface area contributed by atoms with Crippen molar-refractivity contribution in [1.82, 2.24) is 29.8 Å². The fourth-order valence-corrected chi connectivity index (χ4v) is 4.71. The van der Waals surface area contributed by atoms with Gasteiger partial charge in [0.15, 0.2) is 5.82 Å². The van der Waals surface area contributed by atoms with E-state index >= 15 is 0 Å². The average molecular weight is 430 g/mol. The number of aromatic nitrogens is 5. The van der Waals surface area contributed by atoms with Crippen LogP contribution in [0.4, 0.5) is 5.95 Å². The van der Waals surface area contributed by atoms with E-state index < -0.39 is 0 Å². The summed E-state index contributed by atoms with van der Waals surface area (Å²) in [6, 6.07) is 5.55. The largest absolute Gasteiger partial charge is 0.340 e. The van der Waals surface area contributed by atoms with Crippen LogP contribution in [-0.2, 0) is 0 Å². The lowest BCUT2D eigenvalue weighted by atomic mass is 10.0. The van der Waals surface area contributed by atoms with Crippen molar-refractivity contribution in [1.29, 1.82) is 0 Å². The molecule has 2 fully saturated rings. The molecule has 3 aromatic heterocycles. The first-order chi connectivity index (χ1) is 15.4. The van der Waals surface area contributed by atoms with Crippen LogP contribution in [-0.4, -0.2) is 61.9 Å². The number of hydrogen-bond acceptors (Lipinski definition) is 7. The lowest BCUT2D eigenvalue weighted by Crippen LogP contribution is -2.34. The summed E-state index contributed by atoms with van der Waals surface area (Å²) in [6.07, 6.45) is 3.36. The van der Waals surface area contributed by atoms with E-state index in [0.29, 0.717) is 42.0 Å². The molecule has 2 atom stereocenters. The van der Waals surface area contributed by atoms with Crippen molar-refractivity contribution in [3.8, 4) is 11.4 Å². The van der Waals surface area contributed by atoms with Gasteiger partial charge in [-0.1, -0.05) is 0 Å². The van der Waals surface area contributed by atoms with Crippen molar-refractivity contribution in [3.05, 3.63) is 58.9 Å². The molecule has 0 saturated carbocycles. The number of rotatable bonds is 3. The molecule has 8 nitrogen and oxygen atoms in total. The Hall–Kier alpha value is -3.42. The lowest BCUT2D eigenvalue weighted by Gasteiger charge is -2.23. The van der Waals surface area contributed by atoms with Gasteiger partial charge < -0.3 is 9.80 Å². The SMILES string of the molecule is Cc1ccc(-c2ncccn2)c(C(=O)N2CC3CN(c4nc(C)c(C)c(C)n4)CC3C2)n1. The van der Waals surface area contributed by atoms with Crippen LogP contribution in [0.25, 0.3) is 11.4 Å². The molecular formula is C24H27N7O. The third kappa shape index (κ3) is 3.59. The number of carbonyl (C=O) groups excluding carboxylic acids is 1. The Labute approximate surface area is 187 Å². The Kier molecular flexibility index (Phi) is 5.07. The summed E-state index contributed by atoms with van der Waals surface area (Å²) in [6.45, 7) is 11.2. The van der Waals surface area contributed by atoms with Gasteiger partial charge in [-0.25, -0.2) is 24.9 Å². The Balaban J connectivity index is 1.34. The maximum atomic E-state index is 13.5. The topological polar surface area (TPSA) is 88.0 Å². The second-order valence-corrected chi connectivity index (χ2v) is 8.88. The Morgan fingerprint density at radius 2 is 1.50 bits per heavy atom. The maximum Gasteiger partial charge on any atom is 0.273 e. The molecule has 0 aliphatic carbocycles. The molecule has 1 amide bonds. The van der Waals surface area contributed by atoms with Crippen LogP contribution < -0.4 is 4.90 Å². The molecule has 0 N–H and O–H groups in total. The molecule has 0 radical (unpaired) electrons. The highest BCUT2D eigenvalue weighted by Crippen LogP contribution is 2.34. The van der Waals surface area contributed by atoms with Gasteiger partial charge in [0.1, 0.15) is 5.69 Å². The van der Waals surface area contributed by atoms with E-state index in [0.717, 1.165) is 41.7 Å². The molecule has 8 heteroatoms. The molecule has 2 unspecified atom stereocenters. The van der Waals surface area contributed by atoms with Crippen LogP contribution in [0.1, 0.15) is 33.1 Å². The highest BCUT2D eigenvalue weighted by atomic mass is 16.2. The van der Waals surface area contributed by atoms with E-state index in [1.807, 2.05) is 37.8 Å². The van der Waals surface area contributed by atoms with Gasteiger partial charge >= 0.3 is 0 Å². The Bertz CT molecular complexity index is 1140. The van der Waals surface area contributed by atoms with Crippen molar-refractivity contribution in [2.45, 2.75) is 27.7 Å². The first kappa shape index (κ1) is 20.5. The standard InChI is InChI=1S/C24H27N7O/c1-14-6-7-20(22-25-8-5-9-26-22)21(27-14)23(32)30-10-18-12-31(13-19(18)11-30)24-28-16(3)15(2)17(4)29-24/h5-9,18-19H,10-13H2,1-4H3. The number of pyridine rings is 1. The van der Waals surface area contributed by atoms with Gasteiger partial charge in [-0.3, -0.25) is 4.79 Å². The minimum absolute atomic E-state index is 0.0459. The molecule has 32 heavy (non-hydrogen) atoms. The average Bonchev–Trinajstić information content (AvgIpc) is 3.37. The van der Waals surface area contributed by atoms with E-state index in [-0.39, 0.29) is 5.91 Å². The zero-order valence-electron chi connectivity index (χ0n) is 18.9. The second-order valence-electron chi connectivity index (χ2n) is 8.88. The van der Waals surface area contributed by atoms with Crippen molar-refractivity contribution in [2.75, 3.05) is 31.1 Å². The van der Waals surface area contributed by atoms with Gasteiger partial charge in [0.25, 0.3) is 5.91 Å². The number of carbonyl (C=O) groups is 1. The first-order valence-corrected chi connectivity index (χ1v) is 11.0. The molecule has 2 saturated heterocycles. The van der Waals surface area contributed by atoms with E-state index in [1.165, 1.54) is 0 Å². The van der Waals surface area contributed by atoms with E-state index in [4.69, 9.17) is 9.97 Å². The molecule has 2 aliphatic heterocycles. The molecule has 5 heterocycles. The fourth-order valence-electron chi connectivity index (χ4n) is 4.71. The summed E-state index contributed by atoms with van der Waals surface area (Å²) in [5.41, 5.74) is 5.12. The number of anilines is 1. The third-order valence-corrected chi connectivity index (χ3v) is 6.72. The molecule has 0 aromatic carbocycles. The molecule has 2 aliphatic rings. The highest BCUT2D eigenvalue weighted by molar-refractivity contribution is 5.98. The van der Waals surface area contributed by atoms with Crippen molar-refractivity contribution >= 4 is 11.9 Å². The summed E-state index contributed by atoms with van der Waals surface area (Å²) in [7, 11) is 0. The number of likely N-dealkylation sites (tertiary alicyclic amines) is 1. The number of amides is 1. The van der Waals surface area contributed by atoms with Crippen molar-refractivity contribution < 1.29 is 4.79 Å². The van der Waals surface area contributed by atoms with Crippen molar-refractivity contribution in [2.24, 2.45) is 11.8 Å². The Morgan fingerprint density at radius 1 is 0.875 bits per heavy atom. The smallest absolute Gasteiger partial charge is 0.273 e. The number of hydrogen-bond donors (Lipinski definition) is 0. The molecule has 5 rings (SSSR count). The van der Waals surface area contributed by atoms with E-state index in [9.17, 15) is 4.79 Å². The maximum absolute atomic E-state index is 13.5. The lowest BCUT2D eigenvalue weighted by molar-refractivity contribution is 0.0777. The molecular weight excluding hydrogens is 402 g/mol. The van der Waals surface area contributed by atoms with E-state index in [2.05, 4.69) is 26.8 Å². The molecule has 0 spiro atoms. The molecule has 3 aromatic rings. The monoisotopic (exact) mass is 429 g/mol. The zero-order valence-corrected chi connectivity index (χ0v) is 18.9. The molecule has 0 bridgehead atoms. The van der Waals surface area contributed by atoms with Gasteiger partial charge in [-0.2, -0.15) is 0 Å². The summed E-state index contributed by atoms with van der Waals surface area (Å²) >= 11 is 0. The van der Waals surface area contributed by atoms with Crippen LogP contribution >= 0.6 is 0 Å². The molecule has 164 valence electrons. The van der Waals surface area contributed by atoms with Crippen LogP contribution in [0, 0.1) is 39.5 Å². The van der Waals surface area contributed by atoms with E-state index in [1.54, 1.807) is 18.5 Å². The highest BCUT2D eigenvalue weighted by Gasteiger charge is 2.43. The van der Waals surface area contributed by atoms with Gasteiger partial charge in [0.2, 0.25) is 5.95 Å². The zero-order chi connectivity index (χ0) is 22.4. The van der Waals surface area contributed by atoms with Crippen LogP contribution in [0.2, 0.25) is 0 Å². The van der Waals surface area contributed by atoms with Gasteiger partial charge in [-0.05, 0) is 51.5 Å². The van der Waals surface area contributed by atoms with Crippen LogP contribution in [0.5, 0.6) is 0 Å². The number of fused-ring (bicyclic) bond motifs is 1. The summed E-state index contributed by atoms with van der Waals surface area (Å²) in [5, 5.41) is 0. The summed E-state index contributed by atoms with van der Waals surface area (Å²) < 4.78 is 0. The first-order valence-electron chi connectivity index (χ1n) is 11.0. The number of nitrogens with zero attached hydrogens (tertiary/aromatic N) is 7. The van der Waals surface area contributed by atoms with Crippen LogP contribution in [0.15, 0.2) is 30.6 Å². The predicted molar refractivity (Wildman–Crippen MR) is 121 cm³/mol. The minimum Gasteiger partial charge on any atom is -0.340 e. The minimum atomic E-state index is -0.0459. The summed E-state index contributed by atoms with van der Waals surface area (Å²) in [5.74, 6) is 2.10. The fraction of sp³-hybridized carbons (Fsp3) is 0.417. The Morgan fingerprint density at radius 3 is 2.12 bits per heavy atom. The predicted octanol–water partition coefficient (Wildman–Crippen LogP) is 2.77. The third-order valence-electron chi connectivity index (χ3n) is 6.72. The van der Waals surface area contributed by atoms with Crippen molar-refractivity contribution in [3.63, 3.8) is 0 Å². The summed E-state index contributed by atoms with van der Waals surface area (Å²) in [4.78, 5) is 40.3.